The second kappa shape index (κ2) is 6.27. The van der Waals surface area contributed by atoms with Crippen molar-refractivity contribution in [3.8, 4) is 0 Å². The third-order valence-electron chi connectivity index (χ3n) is 4.78. The molecule has 0 saturated heterocycles. The van der Waals surface area contributed by atoms with E-state index in [0.29, 0.717) is 6.42 Å². The summed E-state index contributed by atoms with van der Waals surface area (Å²) in [6, 6.07) is 14.5. The monoisotopic (exact) mass is 325 g/mol. The van der Waals surface area contributed by atoms with E-state index in [4.69, 9.17) is 5.11 Å². The van der Waals surface area contributed by atoms with Gasteiger partial charge >= 0.3 is 5.97 Å². The summed E-state index contributed by atoms with van der Waals surface area (Å²) in [7, 11) is 0. The lowest BCUT2D eigenvalue weighted by Gasteiger charge is -2.25. The first kappa shape index (κ1) is 16.5. The van der Waals surface area contributed by atoms with Gasteiger partial charge in [-0.3, -0.25) is 9.59 Å². The number of carbonyl (C=O) groups is 2. The van der Waals surface area contributed by atoms with Crippen molar-refractivity contribution in [3.63, 3.8) is 0 Å². The number of carboxylic acid groups (broad SMARTS) is 1. The lowest BCUT2D eigenvalue weighted by Crippen LogP contribution is -2.44. The molecule has 4 nitrogen and oxygen atoms in total. The fourth-order valence-electron chi connectivity index (χ4n) is 3.31. The van der Waals surface area contributed by atoms with E-state index < -0.39 is 11.5 Å². The van der Waals surface area contributed by atoms with Gasteiger partial charge < -0.3 is 10.4 Å². The highest BCUT2D eigenvalue weighted by Gasteiger charge is 2.45. The summed E-state index contributed by atoms with van der Waals surface area (Å²) in [4.78, 5) is 23.3. The van der Waals surface area contributed by atoms with Gasteiger partial charge in [-0.25, -0.2) is 0 Å². The van der Waals surface area contributed by atoms with Crippen LogP contribution in [0.4, 0.5) is 0 Å². The smallest absolute Gasteiger partial charge is 0.303 e. The van der Waals surface area contributed by atoms with E-state index in [2.05, 4.69) is 29.6 Å². The molecule has 3 rings (SSSR count). The SMILES string of the molecule is CC(C)(CCC(=O)O)NC(=O)C1CC1c1cccc2ccccc12. The predicted molar refractivity (Wildman–Crippen MR) is 93.9 cm³/mol. The molecule has 0 aromatic heterocycles. The number of hydrogen-bond acceptors (Lipinski definition) is 2. The maximum Gasteiger partial charge on any atom is 0.303 e. The average molecular weight is 325 g/mol. The molecule has 0 radical (unpaired) electrons. The number of amides is 1. The normalized spacial score (nSPS) is 19.9. The molecule has 2 aromatic rings. The fourth-order valence-corrected chi connectivity index (χ4v) is 3.31. The average Bonchev–Trinajstić information content (AvgIpc) is 3.33. The molecule has 1 aliphatic carbocycles. The maximum absolute atomic E-state index is 12.5. The minimum Gasteiger partial charge on any atom is -0.481 e. The molecule has 1 aliphatic rings. The molecule has 0 spiro atoms. The molecular formula is C20H23NO3. The van der Waals surface area contributed by atoms with Crippen molar-refractivity contribution in [3.05, 3.63) is 48.0 Å². The van der Waals surface area contributed by atoms with Crippen LogP contribution in [0.2, 0.25) is 0 Å². The highest BCUT2D eigenvalue weighted by atomic mass is 16.4. The Morgan fingerprint density at radius 3 is 2.62 bits per heavy atom. The Kier molecular flexibility index (Phi) is 4.31. The number of carbonyl (C=O) groups excluding carboxylic acids is 1. The zero-order valence-electron chi connectivity index (χ0n) is 14.1. The van der Waals surface area contributed by atoms with Crippen LogP contribution >= 0.6 is 0 Å². The number of hydrogen-bond donors (Lipinski definition) is 2. The van der Waals surface area contributed by atoms with Crippen LogP contribution in [0.3, 0.4) is 0 Å². The number of aliphatic carboxylic acids is 1. The highest BCUT2D eigenvalue weighted by Crippen LogP contribution is 2.49. The molecule has 24 heavy (non-hydrogen) atoms. The van der Waals surface area contributed by atoms with Gasteiger partial charge in [-0.2, -0.15) is 0 Å². The lowest BCUT2D eigenvalue weighted by molar-refractivity contribution is -0.138. The van der Waals surface area contributed by atoms with Crippen molar-refractivity contribution >= 4 is 22.6 Å². The molecule has 2 N–H and O–H groups in total. The van der Waals surface area contributed by atoms with Crippen LogP contribution in [0.15, 0.2) is 42.5 Å². The van der Waals surface area contributed by atoms with E-state index in [9.17, 15) is 9.59 Å². The summed E-state index contributed by atoms with van der Waals surface area (Å²) in [6.07, 6.45) is 1.35. The Balaban J connectivity index is 1.68. The van der Waals surface area contributed by atoms with Crippen molar-refractivity contribution in [2.45, 2.75) is 44.6 Å². The Bertz CT molecular complexity index is 776. The first-order chi connectivity index (χ1) is 11.4. The molecule has 2 unspecified atom stereocenters. The molecule has 2 atom stereocenters. The standard InChI is InChI=1S/C20H23NO3/c1-20(2,11-10-18(22)23)21-19(24)17-12-16(17)15-9-5-7-13-6-3-4-8-14(13)15/h3-9,16-17H,10-12H2,1-2H3,(H,21,24)(H,22,23). The summed E-state index contributed by atoms with van der Waals surface area (Å²) >= 11 is 0. The van der Waals surface area contributed by atoms with E-state index in [0.717, 1.165) is 6.42 Å². The van der Waals surface area contributed by atoms with Crippen molar-refractivity contribution in [1.82, 2.24) is 5.32 Å². The van der Waals surface area contributed by atoms with Gasteiger partial charge in [0.2, 0.25) is 5.91 Å². The van der Waals surface area contributed by atoms with Crippen molar-refractivity contribution < 1.29 is 14.7 Å². The zero-order valence-corrected chi connectivity index (χ0v) is 14.1. The van der Waals surface area contributed by atoms with Gasteiger partial charge in [-0.15, -0.1) is 0 Å². The van der Waals surface area contributed by atoms with E-state index in [-0.39, 0.29) is 24.2 Å². The van der Waals surface area contributed by atoms with Crippen LogP contribution in [0.25, 0.3) is 10.8 Å². The first-order valence-corrected chi connectivity index (χ1v) is 8.39. The van der Waals surface area contributed by atoms with Gasteiger partial charge in [0.15, 0.2) is 0 Å². The third kappa shape index (κ3) is 3.58. The van der Waals surface area contributed by atoms with Crippen molar-refractivity contribution in [2.24, 2.45) is 5.92 Å². The van der Waals surface area contributed by atoms with Crippen LogP contribution in [-0.4, -0.2) is 22.5 Å². The first-order valence-electron chi connectivity index (χ1n) is 8.39. The molecule has 1 fully saturated rings. The Hall–Kier alpha value is -2.36. The zero-order chi connectivity index (χ0) is 17.3. The number of fused-ring (bicyclic) bond motifs is 1. The van der Waals surface area contributed by atoms with E-state index in [1.165, 1.54) is 16.3 Å². The minimum atomic E-state index is -0.836. The van der Waals surface area contributed by atoms with E-state index in [1.807, 2.05) is 32.0 Å². The maximum atomic E-state index is 12.5. The van der Waals surface area contributed by atoms with Crippen LogP contribution in [0, 0.1) is 5.92 Å². The number of carboxylic acids is 1. The van der Waals surface area contributed by atoms with E-state index in [1.54, 1.807) is 0 Å². The molecular weight excluding hydrogens is 302 g/mol. The molecule has 1 amide bonds. The summed E-state index contributed by atoms with van der Waals surface area (Å²) in [5.41, 5.74) is 0.734. The molecule has 4 heteroatoms. The quantitative estimate of drug-likeness (QED) is 0.851. The fraction of sp³-hybridized carbons (Fsp3) is 0.400. The lowest BCUT2D eigenvalue weighted by atomic mass is 9.97. The number of nitrogens with one attached hydrogen (secondary N) is 1. The van der Waals surface area contributed by atoms with Crippen LogP contribution in [0.5, 0.6) is 0 Å². The molecule has 1 saturated carbocycles. The minimum absolute atomic E-state index is 0.0140. The summed E-state index contributed by atoms with van der Waals surface area (Å²) in [6.45, 7) is 3.76. The molecule has 0 bridgehead atoms. The van der Waals surface area contributed by atoms with Crippen molar-refractivity contribution in [1.29, 1.82) is 0 Å². The molecule has 0 heterocycles. The topological polar surface area (TPSA) is 66.4 Å². The number of benzene rings is 2. The van der Waals surface area contributed by atoms with Gasteiger partial charge in [0.05, 0.1) is 0 Å². The largest absolute Gasteiger partial charge is 0.481 e. The van der Waals surface area contributed by atoms with Crippen LogP contribution < -0.4 is 5.32 Å². The Labute approximate surface area is 141 Å². The van der Waals surface area contributed by atoms with Gasteiger partial charge in [0, 0.05) is 17.9 Å². The van der Waals surface area contributed by atoms with Crippen molar-refractivity contribution in [2.75, 3.05) is 0 Å². The predicted octanol–water partition coefficient (Wildman–Crippen LogP) is 3.70. The Morgan fingerprint density at radius 1 is 1.17 bits per heavy atom. The Morgan fingerprint density at radius 2 is 1.88 bits per heavy atom. The second-order valence-electron chi connectivity index (χ2n) is 7.28. The summed E-state index contributed by atoms with van der Waals surface area (Å²) in [5.74, 6) is -0.563. The van der Waals surface area contributed by atoms with Gasteiger partial charge in [0.1, 0.15) is 0 Å². The summed E-state index contributed by atoms with van der Waals surface area (Å²) in [5, 5.41) is 14.2. The third-order valence-corrected chi connectivity index (χ3v) is 4.78. The van der Waals surface area contributed by atoms with Crippen LogP contribution in [0.1, 0.15) is 44.6 Å². The number of rotatable bonds is 6. The second-order valence-corrected chi connectivity index (χ2v) is 7.28. The van der Waals surface area contributed by atoms with Gasteiger partial charge in [-0.05, 0) is 48.9 Å². The highest BCUT2D eigenvalue weighted by molar-refractivity contribution is 5.89. The van der Waals surface area contributed by atoms with Gasteiger partial charge in [-0.1, -0.05) is 42.5 Å². The molecule has 2 aromatic carbocycles. The molecule has 126 valence electrons. The van der Waals surface area contributed by atoms with Gasteiger partial charge in [0.25, 0.3) is 0 Å². The van der Waals surface area contributed by atoms with Crippen LogP contribution in [-0.2, 0) is 9.59 Å². The summed E-state index contributed by atoms with van der Waals surface area (Å²) < 4.78 is 0. The molecule has 0 aliphatic heterocycles. The van der Waals surface area contributed by atoms with E-state index >= 15 is 0 Å².